The van der Waals surface area contributed by atoms with Gasteiger partial charge in [-0.25, -0.2) is 0 Å². The fourth-order valence-corrected chi connectivity index (χ4v) is 5.31. The van der Waals surface area contributed by atoms with Gasteiger partial charge in [0.05, 0.1) is 19.3 Å². The highest BCUT2D eigenvalue weighted by atomic mass is 32.2. The average molecular weight is 537 g/mol. The minimum atomic E-state index is -0.453. The Bertz CT molecular complexity index is 1660. The summed E-state index contributed by atoms with van der Waals surface area (Å²) in [5, 5.41) is 16.7. The van der Waals surface area contributed by atoms with Gasteiger partial charge in [0.2, 0.25) is 5.17 Å². The SMILES string of the molecule is COc1ccc(OCCCn2cc(/C=C3\C(=N)N4N=C(c5cccnc5)SC4=NC3=O)c3ccccc32)cc1. The van der Waals surface area contributed by atoms with Gasteiger partial charge in [-0.1, -0.05) is 18.2 Å². The van der Waals surface area contributed by atoms with E-state index >= 15 is 0 Å². The predicted octanol–water partition coefficient (Wildman–Crippen LogP) is 5.18. The van der Waals surface area contributed by atoms with Crippen molar-refractivity contribution in [1.82, 2.24) is 14.6 Å². The first kappa shape index (κ1) is 24.6. The maximum absolute atomic E-state index is 13.0. The number of aryl methyl sites for hydroxylation is 1. The number of thioether (sulfide) groups is 1. The van der Waals surface area contributed by atoms with Crippen LogP contribution in [0.5, 0.6) is 11.5 Å². The number of aliphatic imine (C=N–C) groups is 1. The standard InChI is InChI=1S/C29H24N6O3S/c1-37-21-9-11-22(12-10-21)38-15-5-14-34-18-20(23-7-2-3-8-25(23)34)16-24-26(30)35-29(32-27(24)36)39-28(33-35)19-6-4-13-31-17-19/h2-4,6-13,16-18,30H,5,14-15H2,1H3/b24-16+,30-26?. The molecule has 6 rings (SSSR count). The number of fused-ring (bicyclic) bond motifs is 2. The van der Waals surface area contributed by atoms with E-state index in [1.807, 2.05) is 66.9 Å². The molecule has 9 nitrogen and oxygen atoms in total. The number of amides is 1. The van der Waals surface area contributed by atoms with E-state index in [0.29, 0.717) is 16.8 Å². The number of carbonyl (C=O) groups excluding carboxylic acids is 1. The van der Waals surface area contributed by atoms with Crippen LogP contribution in [0.2, 0.25) is 0 Å². The van der Waals surface area contributed by atoms with Crippen LogP contribution in [0.15, 0.2) is 94.9 Å². The number of pyridine rings is 1. The molecule has 0 radical (unpaired) electrons. The number of methoxy groups -OCH3 is 1. The second-order valence-corrected chi connectivity index (χ2v) is 9.80. The second kappa shape index (κ2) is 10.6. The molecule has 0 bridgehead atoms. The molecule has 1 N–H and O–H groups in total. The summed E-state index contributed by atoms with van der Waals surface area (Å²) in [4.78, 5) is 21.4. The summed E-state index contributed by atoms with van der Waals surface area (Å²) < 4.78 is 13.2. The first-order valence-electron chi connectivity index (χ1n) is 12.4. The molecule has 0 fully saturated rings. The van der Waals surface area contributed by atoms with Crippen LogP contribution in [0.4, 0.5) is 0 Å². The van der Waals surface area contributed by atoms with Crippen molar-refractivity contribution >= 4 is 50.7 Å². The fourth-order valence-electron chi connectivity index (χ4n) is 4.43. The van der Waals surface area contributed by atoms with Crippen molar-refractivity contribution in [2.75, 3.05) is 13.7 Å². The maximum atomic E-state index is 13.0. The molecule has 2 aliphatic rings. The van der Waals surface area contributed by atoms with Gasteiger partial charge in [0.1, 0.15) is 16.5 Å². The topological polar surface area (TPSA) is 105 Å². The molecule has 1 amide bonds. The van der Waals surface area contributed by atoms with Crippen LogP contribution in [0.3, 0.4) is 0 Å². The fraction of sp³-hybridized carbons (Fsp3) is 0.138. The quantitative estimate of drug-likeness (QED) is 0.246. The number of nitrogens with one attached hydrogen (secondary N) is 1. The van der Waals surface area contributed by atoms with E-state index in [1.54, 1.807) is 25.6 Å². The van der Waals surface area contributed by atoms with Gasteiger partial charge in [-0.2, -0.15) is 15.1 Å². The molecule has 0 atom stereocenters. The summed E-state index contributed by atoms with van der Waals surface area (Å²) in [6, 6.07) is 19.3. The lowest BCUT2D eigenvalue weighted by Gasteiger charge is -2.20. The largest absolute Gasteiger partial charge is 0.497 e. The highest BCUT2D eigenvalue weighted by molar-refractivity contribution is 8.27. The number of para-hydroxylation sites is 1. The van der Waals surface area contributed by atoms with Gasteiger partial charge in [-0.15, -0.1) is 0 Å². The molecule has 0 saturated heterocycles. The van der Waals surface area contributed by atoms with Crippen LogP contribution in [-0.2, 0) is 11.3 Å². The van der Waals surface area contributed by atoms with Gasteiger partial charge in [-0.3, -0.25) is 15.2 Å². The normalized spacial score (nSPS) is 15.9. The monoisotopic (exact) mass is 536 g/mol. The van der Waals surface area contributed by atoms with Crippen LogP contribution >= 0.6 is 11.8 Å². The molecular weight excluding hydrogens is 512 g/mol. The Kier molecular flexibility index (Phi) is 6.68. The second-order valence-electron chi connectivity index (χ2n) is 8.84. The van der Waals surface area contributed by atoms with Crippen molar-refractivity contribution in [1.29, 1.82) is 5.41 Å². The summed E-state index contributed by atoms with van der Waals surface area (Å²) in [5.74, 6) is 1.13. The number of hydrazone groups is 1. The minimum Gasteiger partial charge on any atom is -0.497 e. The van der Waals surface area contributed by atoms with Crippen molar-refractivity contribution < 1.29 is 14.3 Å². The zero-order valence-corrected chi connectivity index (χ0v) is 21.9. The molecule has 39 heavy (non-hydrogen) atoms. The van der Waals surface area contributed by atoms with Crippen molar-refractivity contribution in [3.05, 3.63) is 96.0 Å². The molecule has 194 valence electrons. The number of hydrogen-bond donors (Lipinski definition) is 1. The number of rotatable bonds is 8. The van der Waals surface area contributed by atoms with E-state index in [2.05, 4.69) is 19.6 Å². The molecular formula is C29H24N6O3S. The predicted molar refractivity (Wildman–Crippen MR) is 153 cm³/mol. The first-order chi connectivity index (χ1) is 19.1. The van der Waals surface area contributed by atoms with Gasteiger partial charge in [0.25, 0.3) is 5.91 Å². The summed E-state index contributed by atoms with van der Waals surface area (Å²) in [6.07, 6.45) is 7.92. The summed E-state index contributed by atoms with van der Waals surface area (Å²) in [5.41, 5.74) is 2.89. The third-order valence-corrected chi connectivity index (χ3v) is 7.31. The summed E-state index contributed by atoms with van der Waals surface area (Å²) in [7, 11) is 1.64. The molecule has 4 aromatic rings. The Morgan fingerprint density at radius 1 is 1.05 bits per heavy atom. The van der Waals surface area contributed by atoms with E-state index in [-0.39, 0.29) is 11.4 Å². The molecule has 4 heterocycles. The van der Waals surface area contributed by atoms with Crippen molar-refractivity contribution in [3.63, 3.8) is 0 Å². The van der Waals surface area contributed by atoms with Gasteiger partial charge in [0, 0.05) is 47.2 Å². The highest BCUT2D eigenvalue weighted by Crippen LogP contribution is 2.32. The Morgan fingerprint density at radius 2 is 1.87 bits per heavy atom. The lowest BCUT2D eigenvalue weighted by atomic mass is 10.1. The Hall–Kier alpha value is -4.70. The number of amidine groups is 2. The van der Waals surface area contributed by atoms with Gasteiger partial charge in [0.15, 0.2) is 5.84 Å². The number of benzene rings is 2. The van der Waals surface area contributed by atoms with E-state index < -0.39 is 5.91 Å². The molecule has 0 aliphatic carbocycles. The van der Waals surface area contributed by atoms with E-state index in [1.165, 1.54) is 16.8 Å². The lowest BCUT2D eigenvalue weighted by molar-refractivity contribution is -0.114. The molecule has 0 saturated carbocycles. The van der Waals surface area contributed by atoms with Gasteiger partial charge in [-0.05, 0) is 66.7 Å². The van der Waals surface area contributed by atoms with Crippen LogP contribution in [0, 0.1) is 5.41 Å². The summed E-state index contributed by atoms with van der Waals surface area (Å²) in [6.45, 7) is 1.29. The molecule has 0 unspecified atom stereocenters. The van der Waals surface area contributed by atoms with E-state index in [0.717, 1.165) is 46.5 Å². The average Bonchev–Trinajstić information content (AvgIpc) is 3.56. The highest BCUT2D eigenvalue weighted by Gasteiger charge is 2.36. The number of aromatic nitrogens is 2. The van der Waals surface area contributed by atoms with E-state index in [9.17, 15) is 4.79 Å². The van der Waals surface area contributed by atoms with Crippen LogP contribution in [-0.4, -0.2) is 50.2 Å². The number of ether oxygens (including phenoxy) is 2. The number of hydrogen-bond acceptors (Lipinski definition) is 7. The number of carbonyl (C=O) groups is 1. The third-order valence-electron chi connectivity index (χ3n) is 6.35. The number of nitrogens with zero attached hydrogens (tertiary/aromatic N) is 5. The zero-order valence-electron chi connectivity index (χ0n) is 21.1. The Morgan fingerprint density at radius 3 is 2.67 bits per heavy atom. The van der Waals surface area contributed by atoms with Crippen molar-refractivity contribution in [2.45, 2.75) is 13.0 Å². The molecule has 0 spiro atoms. The van der Waals surface area contributed by atoms with Crippen LogP contribution < -0.4 is 9.47 Å². The van der Waals surface area contributed by atoms with Crippen molar-refractivity contribution in [3.8, 4) is 11.5 Å². The van der Waals surface area contributed by atoms with Gasteiger partial charge >= 0.3 is 0 Å². The van der Waals surface area contributed by atoms with E-state index in [4.69, 9.17) is 14.9 Å². The first-order valence-corrected chi connectivity index (χ1v) is 13.2. The van der Waals surface area contributed by atoms with Gasteiger partial charge < -0.3 is 14.0 Å². The Labute approximate surface area is 229 Å². The molecule has 2 aromatic carbocycles. The third kappa shape index (κ3) is 4.94. The molecule has 2 aliphatic heterocycles. The van der Waals surface area contributed by atoms with Crippen molar-refractivity contribution in [2.24, 2.45) is 10.1 Å². The molecule has 10 heteroatoms. The summed E-state index contributed by atoms with van der Waals surface area (Å²) >= 11 is 1.26. The minimum absolute atomic E-state index is 0.00103. The van der Waals surface area contributed by atoms with Crippen LogP contribution in [0.1, 0.15) is 17.5 Å². The maximum Gasteiger partial charge on any atom is 0.283 e. The lowest BCUT2D eigenvalue weighted by Crippen LogP contribution is -2.35. The Balaban J connectivity index is 1.21. The molecule has 2 aromatic heterocycles. The van der Waals surface area contributed by atoms with Crippen LogP contribution in [0.25, 0.3) is 17.0 Å². The smallest absolute Gasteiger partial charge is 0.283 e. The zero-order chi connectivity index (χ0) is 26.8.